The number of carboxylic acid groups (broad SMARTS) is 1. The molecule has 4 nitrogen and oxygen atoms in total. The van der Waals surface area contributed by atoms with E-state index in [0.29, 0.717) is 18.9 Å². The number of carboxylic acids is 1. The van der Waals surface area contributed by atoms with Gasteiger partial charge in [-0.15, -0.1) is 0 Å². The number of rotatable bonds is 6. The van der Waals surface area contributed by atoms with Gasteiger partial charge in [-0.1, -0.05) is 0 Å². The first-order valence-corrected chi connectivity index (χ1v) is 6.99. The minimum atomic E-state index is -4.64. The first-order valence-electron chi connectivity index (χ1n) is 6.99. The fraction of sp³-hybridized carbons (Fsp3) is 0.467. The summed E-state index contributed by atoms with van der Waals surface area (Å²) in [6.45, 7) is 0.0617. The van der Waals surface area contributed by atoms with Crippen LogP contribution in [0.15, 0.2) is 18.2 Å². The van der Waals surface area contributed by atoms with Crippen molar-refractivity contribution in [1.29, 1.82) is 0 Å². The number of halogens is 4. The summed E-state index contributed by atoms with van der Waals surface area (Å²) in [5.41, 5.74) is -1.57. The Morgan fingerprint density at radius 1 is 1.17 bits per heavy atom. The topological polar surface area (TPSA) is 66.4 Å². The van der Waals surface area contributed by atoms with Crippen LogP contribution in [0.5, 0.6) is 0 Å². The van der Waals surface area contributed by atoms with Crippen LogP contribution in [-0.4, -0.2) is 23.5 Å². The van der Waals surface area contributed by atoms with Gasteiger partial charge in [0.05, 0.1) is 12.0 Å². The van der Waals surface area contributed by atoms with Gasteiger partial charge in [-0.05, 0) is 36.6 Å². The van der Waals surface area contributed by atoms with E-state index in [0.717, 1.165) is 12.1 Å². The maximum Gasteiger partial charge on any atom is 0.416 e. The Kier molecular flexibility index (Phi) is 4.63. The van der Waals surface area contributed by atoms with Crippen LogP contribution in [0.25, 0.3) is 0 Å². The van der Waals surface area contributed by atoms with Crippen molar-refractivity contribution in [2.75, 3.05) is 6.54 Å². The molecule has 2 N–H and O–H groups in total. The molecule has 1 amide bonds. The van der Waals surface area contributed by atoms with Crippen LogP contribution < -0.4 is 5.32 Å². The number of benzene rings is 1. The molecule has 1 aromatic rings. The van der Waals surface area contributed by atoms with E-state index >= 15 is 0 Å². The molecule has 8 heteroatoms. The smallest absolute Gasteiger partial charge is 0.416 e. The van der Waals surface area contributed by atoms with Crippen LogP contribution in [0.1, 0.15) is 36.8 Å². The van der Waals surface area contributed by atoms with Gasteiger partial charge in [-0.2, -0.15) is 13.2 Å². The lowest BCUT2D eigenvalue weighted by molar-refractivity contribution is -0.139. The van der Waals surface area contributed by atoms with E-state index in [-0.39, 0.29) is 24.9 Å². The number of amides is 1. The highest BCUT2D eigenvalue weighted by atomic mass is 19.4. The Bertz CT molecular complexity index is 624. The minimum Gasteiger partial charge on any atom is -0.481 e. The molecule has 126 valence electrons. The third-order valence-electron chi connectivity index (χ3n) is 3.88. The van der Waals surface area contributed by atoms with Crippen LogP contribution in [0.3, 0.4) is 0 Å². The van der Waals surface area contributed by atoms with Crippen molar-refractivity contribution in [2.45, 2.75) is 37.3 Å². The van der Waals surface area contributed by atoms with E-state index in [4.69, 9.17) is 5.11 Å². The summed E-state index contributed by atoms with van der Waals surface area (Å²) < 4.78 is 51.7. The zero-order valence-electron chi connectivity index (χ0n) is 12.0. The summed E-state index contributed by atoms with van der Waals surface area (Å²) in [4.78, 5) is 21.9. The highest BCUT2D eigenvalue weighted by molar-refractivity contribution is 5.80. The Balaban J connectivity index is 2.07. The lowest BCUT2D eigenvalue weighted by Crippen LogP contribution is -2.32. The van der Waals surface area contributed by atoms with E-state index < -0.39 is 34.8 Å². The molecule has 0 atom stereocenters. The Morgan fingerprint density at radius 3 is 2.35 bits per heavy atom. The summed E-state index contributed by atoms with van der Waals surface area (Å²) in [5.74, 6) is -2.58. The van der Waals surface area contributed by atoms with Crippen LogP contribution in [0.2, 0.25) is 0 Å². The molecule has 0 saturated heterocycles. The lowest BCUT2D eigenvalue weighted by atomic mass is 9.93. The van der Waals surface area contributed by atoms with Crippen molar-refractivity contribution in [2.24, 2.45) is 0 Å². The van der Waals surface area contributed by atoms with Crippen molar-refractivity contribution in [1.82, 2.24) is 5.32 Å². The lowest BCUT2D eigenvalue weighted by Gasteiger charge is -2.18. The van der Waals surface area contributed by atoms with Crippen LogP contribution in [0.4, 0.5) is 17.6 Å². The third-order valence-corrected chi connectivity index (χ3v) is 3.88. The highest BCUT2D eigenvalue weighted by Gasteiger charge is 2.45. The molecule has 1 saturated carbocycles. The molecule has 0 aromatic heterocycles. The van der Waals surface area contributed by atoms with E-state index in [1.54, 1.807) is 0 Å². The van der Waals surface area contributed by atoms with E-state index in [2.05, 4.69) is 5.32 Å². The molecule has 2 rings (SSSR count). The molecule has 0 heterocycles. The van der Waals surface area contributed by atoms with Crippen molar-refractivity contribution in [3.63, 3.8) is 0 Å². The number of carbonyl (C=O) groups excluding carboxylic acids is 1. The Hall–Kier alpha value is -2.12. The number of aliphatic carboxylic acids is 1. The monoisotopic (exact) mass is 333 g/mol. The summed E-state index contributed by atoms with van der Waals surface area (Å²) in [7, 11) is 0. The van der Waals surface area contributed by atoms with Gasteiger partial charge in [-0.25, -0.2) is 4.39 Å². The van der Waals surface area contributed by atoms with Crippen molar-refractivity contribution in [3.05, 3.63) is 35.1 Å². The molecular formula is C15H15F4NO3. The molecule has 0 radical (unpaired) electrons. The maximum absolute atomic E-state index is 13.5. The van der Waals surface area contributed by atoms with Crippen LogP contribution in [0, 0.1) is 5.82 Å². The molecule has 23 heavy (non-hydrogen) atoms. The standard InChI is InChI=1S/C15H15F4NO3/c16-11-6-9(5-10(7-11)15(17,18)19)14(3-4-14)8-20-12(21)1-2-13(22)23/h5-7H,1-4,8H2,(H,20,21)(H,22,23). The van der Waals surface area contributed by atoms with Gasteiger partial charge in [0.15, 0.2) is 0 Å². The summed E-state index contributed by atoms with van der Waals surface area (Å²) in [6, 6.07) is 2.39. The summed E-state index contributed by atoms with van der Waals surface area (Å²) in [5, 5.41) is 11.0. The Morgan fingerprint density at radius 2 is 1.83 bits per heavy atom. The average molecular weight is 333 g/mol. The molecule has 1 aromatic carbocycles. The molecule has 0 unspecified atom stereocenters. The largest absolute Gasteiger partial charge is 0.481 e. The maximum atomic E-state index is 13.5. The SMILES string of the molecule is O=C(O)CCC(=O)NCC1(c2cc(F)cc(C(F)(F)F)c2)CC1. The predicted molar refractivity (Wildman–Crippen MR) is 72.2 cm³/mol. The van der Waals surface area contributed by atoms with Gasteiger partial charge in [0, 0.05) is 18.4 Å². The van der Waals surface area contributed by atoms with Gasteiger partial charge in [0.25, 0.3) is 0 Å². The first-order chi connectivity index (χ1) is 10.6. The third kappa shape index (κ3) is 4.43. The zero-order valence-corrected chi connectivity index (χ0v) is 12.0. The molecular weight excluding hydrogens is 318 g/mol. The second-order valence-electron chi connectivity index (χ2n) is 5.68. The molecule has 0 bridgehead atoms. The second kappa shape index (κ2) is 6.17. The Labute approximate surface area is 129 Å². The summed E-state index contributed by atoms with van der Waals surface area (Å²) in [6.07, 6.45) is -4.10. The number of nitrogens with one attached hydrogen (secondary N) is 1. The average Bonchev–Trinajstić information content (AvgIpc) is 3.22. The van der Waals surface area contributed by atoms with Gasteiger partial charge in [-0.3, -0.25) is 9.59 Å². The quantitative estimate of drug-likeness (QED) is 0.787. The van der Waals surface area contributed by atoms with Crippen molar-refractivity contribution < 1.29 is 32.3 Å². The zero-order chi connectivity index (χ0) is 17.3. The van der Waals surface area contributed by atoms with E-state index in [1.807, 2.05) is 0 Å². The normalized spacial score (nSPS) is 16.0. The predicted octanol–water partition coefficient (Wildman–Crippen LogP) is 2.86. The van der Waals surface area contributed by atoms with E-state index in [9.17, 15) is 27.2 Å². The van der Waals surface area contributed by atoms with Crippen molar-refractivity contribution in [3.8, 4) is 0 Å². The first kappa shape index (κ1) is 17.2. The second-order valence-corrected chi connectivity index (χ2v) is 5.68. The van der Waals surface area contributed by atoms with Crippen molar-refractivity contribution >= 4 is 11.9 Å². The van der Waals surface area contributed by atoms with Crippen LogP contribution in [-0.2, 0) is 21.2 Å². The van der Waals surface area contributed by atoms with Gasteiger partial charge in [0.2, 0.25) is 5.91 Å². The number of hydrogen-bond acceptors (Lipinski definition) is 2. The number of carbonyl (C=O) groups is 2. The van der Waals surface area contributed by atoms with Gasteiger partial charge >= 0.3 is 12.1 Å². The number of alkyl halides is 3. The van der Waals surface area contributed by atoms with E-state index in [1.165, 1.54) is 0 Å². The molecule has 1 aliphatic carbocycles. The molecule has 1 aliphatic rings. The van der Waals surface area contributed by atoms with Crippen LogP contribution >= 0.6 is 0 Å². The highest BCUT2D eigenvalue weighted by Crippen LogP contribution is 2.48. The fourth-order valence-electron chi connectivity index (χ4n) is 2.35. The molecule has 1 fully saturated rings. The van der Waals surface area contributed by atoms with Gasteiger partial charge in [0.1, 0.15) is 5.82 Å². The fourth-order valence-corrected chi connectivity index (χ4v) is 2.35. The number of hydrogen-bond donors (Lipinski definition) is 2. The molecule has 0 spiro atoms. The van der Waals surface area contributed by atoms with Gasteiger partial charge < -0.3 is 10.4 Å². The molecule has 0 aliphatic heterocycles. The minimum absolute atomic E-state index is 0.0617. The summed E-state index contributed by atoms with van der Waals surface area (Å²) >= 11 is 0.